The van der Waals surface area contributed by atoms with Gasteiger partial charge in [-0.05, 0) is 19.8 Å². The van der Waals surface area contributed by atoms with Gasteiger partial charge in [0.15, 0.2) is 0 Å². The average Bonchev–Trinajstić information content (AvgIpc) is 2.70. The van der Waals surface area contributed by atoms with Crippen molar-refractivity contribution in [3.63, 3.8) is 0 Å². The first-order valence-electron chi connectivity index (χ1n) is 6.66. The third kappa shape index (κ3) is 3.70. The molecule has 4 nitrogen and oxygen atoms in total. The van der Waals surface area contributed by atoms with Crippen molar-refractivity contribution in [3.05, 3.63) is 16.9 Å². The molecule has 0 saturated heterocycles. The minimum absolute atomic E-state index is 0.218. The van der Waals surface area contributed by atoms with Crippen molar-refractivity contribution < 1.29 is 9.84 Å². The zero-order chi connectivity index (χ0) is 13.5. The summed E-state index contributed by atoms with van der Waals surface area (Å²) in [5, 5.41) is 15.2. The van der Waals surface area contributed by atoms with Crippen LogP contribution in [0.1, 0.15) is 51.8 Å². The first-order valence-corrected chi connectivity index (χ1v) is 7.04. The lowest BCUT2D eigenvalue weighted by Crippen LogP contribution is -2.25. The number of nitrogens with zero attached hydrogens (tertiary/aromatic N) is 2. The summed E-state index contributed by atoms with van der Waals surface area (Å²) in [5.41, 5.74) is 0.672. The van der Waals surface area contributed by atoms with Gasteiger partial charge in [0, 0.05) is 13.2 Å². The van der Waals surface area contributed by atoms with Crippen LogP contribution in [0.5, 0.6) is 0 Å². The van der Waals surface area contributed by atoms with Crippen LogP contribution in [0.3, 0.4) is 0 Å². The molecule has 104 valence electrons. The molecule has 0 aliphatic carbocycles. The monoisotopic (exact) mass is 274 g/mol. The standard InChI is InChI=1S/C13H23ClN2O2/c1-4-7-11(18-6-3)13(17)12-10(14)9-15-16(12)8-5-2/h9,11,13,17H,4-8H2,1-3H3. The van der Waals surface area contributed by atoms with Crippen molar-refractivity contribution in [2.24, 2.45) is 0 Å². The summed E-state index contributed by atoms with van der Waals surface area (Å²) < 4.78 is 7.38. The Labute approximate surface area is 114 Å². The Balaban J connectivity index is 2.91. The van der Waals surface area contributed by atoms with E-state index in [1.54, 1.807) is 10.9 Å². The van der Waals surface area contributed by atoms with Crippen LogP contribution in [0.15, 0.2) is 6.20 Å². The van der Waals surface area contributed by atoms with Crippen LogP contribution in [0, 0.1) is 0 Å². The van der Waals surface area contributed by atoms with Gasteiger partial charge in [-0.25, -0.2) is 0 Å². The quantitative estimate of drug-likeness (QED) is 0.792. The molecule has 18 heavy (non-hydrogen) atoms. The van der Waals surface area contributed by atoms with Gasteiger partial charge in [-0.2, -0.15) is 5.10 Å². The summed E-state index contributed by atoms with van der Waals surface area (Å²) in [6.45, 7) is 7.41. The molecule has 1 heterocycles. The molecule has 1 aromatic rings. The predicted molar refractivity (Wildman–Crippen MR) is 72.8 cm³/mol. The van der Waals surface area contributed by atoms with Gasteiger partial charge in [-0.3, -0.25) is 4.68 Å². The number of hydrogen-bond donors (Lipinski definition) is 1. The summed E-state index contributed by atoms with van der Waals surface area (Å²) >= 11 is 6.12. The normalized spacial score (nSPS) is 14.7. The first kappa shape index (κ1) is 15.5. The minimum atomic E-state index is -0.716. The van der Waals surface area contributed by atoms with E-state index in [0.717, 1.165) is 25.8 Å². The number of aryl methyl sites for hydroxylation is 1. The van der Waals surface area contributed by atoms with Gasteiger partial charge in [0.1, 0.15) is 6.10 Å². The highest BCUT2D eigenvalue weighted by Crippen LogP contribution is 2.28. The lowest BCUT2D eigenvalue weighted by molar-refractivity contribution is -0.0419. The van der Waals surface area contributed by atoms with Crippen LogP contribution in [0.25, 0.3) is 0 Å². The molecular formula is C13H23ClN2O2. The SMILES string of the molecule is CCCC(OCC)C(O)c1c(Cl)cnn1CCC. The fraction of sp³-hybridized carbons (Fsp3) is 0.769. The minimum Gasteiger partial charge on any atom is -0.384 e. The van der Waals surface area contributed by atoms with Gasteiger partial charge < -0.3 is 9.84 Å². The van der Waals surface area contributed by atoms with Gasteiger partial charge in [0.05, 0.1) is 23.0 Å². The molecule has 1 rings (SSSR count). The van der Waals surface area contributed by atoms with Crippen molar-refractivity contribution in [1.29, 1.82) is 0 Å². The zero-order valence-electron chi connectivity index (χ0n) is 11.4. The highest BCUT2D eigenvalue weighted by molar-refractivity contribution is 6.31. The Kier molecular flexibility index (Phi) is 6.68. The number of halogens is 1. The lowest BCUT2D eigenvalue weighted by Gasteiger charge is -2.23. The van der Waals surface area contributed by atoms with E-state index in [1.165, 1.54) is 0 Å². The van der Waals surface area contributed by atoms with Crippen molar-refractivity contribution in [2.45, 2.75) is 58.8 Å². The van der Waals surface area contributed by atoms with E-state index in [1.807, 2.05) is 6.92 Å². The number of hydrogen-bond acceptors (Lipinski definition) is 3. The maximum atomic E-state index is 10.4. The van der Waals surface area contributed by atoms with Crippen LogP contribution < -0.4 is 0 Å². The van der Waals surface area contributed by atoms with Gasteiger partial charge >= 0.3 is 0 Å². The van der Waals surface area contributed by atoms with Crippen molar-refractivity contribution in [2.75, 3.05) is 6.61 Å². The predicted octanol–water partition coefficient (Wildman–Crippen LogP) is 3.19. The van der Waals surface area contributed by atoms with E-state index in [9.17, 15) is 5.11 Å². The molecule has 1 N–H and O–H groups in total. The van der Waals surface area contributed by atoms with Crippen LogP contribution in [-0.4, -0.2) is 27.6 Å². The van der Waals surface area contributed by atoms with E-state index >= 15 is 0 Å². The number of rotatable bonds is 8. The number of aliphatic hydroxyl groups is 1. The Morgan fingerprint density at radius 2 is 2.11 bits per heavy atom. The number of aliphatic hydroxyl groups excluding tert-OH is 1. The maximum absolute atomic E-state index is 10.4. The van der Waals surface area contributed by atoms with Crippen LogP contribution in [0.2, 0.25) is 5.02 Å². The van der Waals surface area contributed by atoms with Crippen molar-refractivity contribution in [1.82, 2.24) is 9.78 Å². The molecule has 0 bridgehead atoms. The highest BCUT2D eigenvalue weighted by Gasteiger charge is 2.26. The summed E-state index contributed by atoms with van der Waals surface area (Å²) in [6, 6.07) is 0. The summed E-state index contributed by atoms with van der Waals surface area (Å²) in [7, 11) is 0. The molecule has 2 atom stereocenters. The molecule has 0 fully saturated rings. The fourth-order valence-corrected chi connectivity index (χ4v) is 2.32. The van der Waals surface area contributed by atoms with E-state index in [-0.39, 0.29) is 6.10 Å². The van der Waals surface area contributed by atoms with E-state index in [0.29, 0.717) is 17.3 Å². The second-order valence-electron chi connectivity index (χ2n) is 4.33. The van der Waals surface area contributed by atoms with Gasteiger partial charge in [0.25, 0.3) is 0 Å². The van der Waals surface area contributed by atoms with Crippen LogP contribution >= 0.6 is 11.6 Å². The number of aromatic nitrogens is 2. The van der Waals surface area contributed by atoms with Crippen LogP contribution in [0.4, 0.5) is 0 Å². The van der Waals surface area contributed by atoms with E-state index < -0.39 is 6.10 Å². The molecular weight excluding hydrogens is 252 g/mol. The molecule has 0 radical (unpaired) electrons. The first-order chi connectivity index (χ1) is 8.65. The Bertz CT molecular complexity index is 349. The van der Waals surface area contributed by atoms with E-state index in [4.69, 9.17) is 16.3 Å². The third-order valence-electron chi connectivity index (χ3n) is 2.85. The van der Waals surface area contributed by atoms with Crippen LogP contribution in [-0.2, 0) is 11.3 Å². The average molecular weight is 275 g/mol. The zero-order valence-corrected chi connectivity index (χ0v) is 12.2. The summed E-state index contributed by atoms with van der Waals surface area (Å²) in [6.07, 6.45) is 3.37. The molecule has 1 aromatic heterocycles. The summed E-state index contributed by atoms with van der Waals surface area (Å²) in [5.74, 6) is 0. The second kappa shape index (κ2) is 7.77. The molecule has 0 aliphatic rings. The van der Waals surface area contributed by atoms with Gasteiger partial charge in [0.2, 0.25) is 0 Å². The Hall–Kier alpha value is -0.580. The largest absolute Gasteiger partial charge is 0.384 e. The smallest absolute Gasteiger partial charge is 0.123 e. The lowest BCUT2D eigenvalue weighted by atomic mass is 10.1. The Morgan fingerprint density at radius 1 is 1.39 bits per heavy atom. The molecule has 2 unspecified atom stereocenters. The molecule has 0 amide bonds. The molecule has 0 aromatic carbocycles. The third-order valence-corrected chi connectivity index (χ3v) is 3.15. The Morgan fingerprint density at radius 3 is 2.67 bits per heavy atom. The fourth-order valence-electron chi connectivity index (χ4n) is 2.06. The van der Waals surface area contributed by atoms with Gasteiger partial charge in [-0.1, -0.05) is 31.9 Å². The second-order valence-corrected chi connectivity index (χ2v) is 4.74. The topological polar surface area (TPSA) is 47.3 Å². The summed E-state index contributed by atoms with van der Waals surface area (Å²) in [4.78, 5) is 0. The van der Waals surface area contributed by atoms with E-state index in [2.05, 4.69) is 18.9 Å². The molecule has 5 heteroatoms. The van der Waals surface area contributed by atoms with Crippen molar-refractivity contribution >= 4 is 11.6 Å². The van der Waals surface area contributed by atoms with Gasteiger partial charge in [-0.15, -0.1) is 0 Å². The maximum Gasteiger partial charge on any atom is 0.123 e. The molecule has 0 aliphatic heterocycles. The molecule has 0 saturated carbocycles. The molecule has 0 spiro atoms. The highest BCUT2D eigenvalue weighted by atomic mass is 35.5. The number of ether oxygens (including phenoxy) is 1. The van der Waals surface area contributed by atoms with Crippen molar-refractivity contribution in [3.8, 4) is 0 Å².